The van der Waals surface area contributed by atoms with Crippen LogP contribution >= 0.6 is 0 Å². The van der Waals surface area contributed by atoms with E-state index in [2.05, 4.69) is 199 Å². The van der Waals surface area contributed by atoms with Gasteiger partial charge in [0, 0.05) is 23.8 Å². The number of rotatable bonds is 34. The lowest BCUT2D eigenvalue weighted by atomic mass is 9.69. The van der Waals surface area contributed by atoms with Crippen molar-refractivity contribution in [3.8, 4) is 0 Å². The van der Waals surface area contributed by atoms with Crippen LogP contribution in [0.25, 0.3) is 0 Å². The van der Waals surface area contributed by atoms with E-state index in [-0.39, 0.29) is 39.1 Å². The van der Waals surface area contributed by atoms with Crippen LogP contribution in [-0.2, 0) is 19.1 Å². The summed E-state index contributed by atoms with van der Waals surface area (Å²) in [4.78, 5) is 29.9. The summed E-state index contributed by atoms with van der Waals surface area (Å²) < 4.78 is 13.2. The first-order valence-corrected chi connectivity index (χ1v) is 27.2. The maximum Gasteiger partial charge on any atom is 0.306 e. The van der Waals surface area contributed by atoms with Crippen molar-refractivity contribution in [1.29, 1.82) is 0 Å². The first-order chi connectivity index (χ1) is 30.5. The van der Waals surface area contributed by atoms with Crippen LogP contribution in [0.3, 0.4) is 0 Å². The Kier molecular flexibility index (Phi) is 28.9. The van der Waals surface area contributed by atoms with Gasteiger partial charge in [0.2, 0.25) is 0 Å². The molecule has 0 spiro atoms. The monoisotopic (exact) mass is 938 g/mol. The van der Waals surface area contributed by atoms with Crippen molar-refractivity contribution >= 4 is 11.9 Å². The molecule has 0 aromatic rings. The molecular weight excluding hydrogens is 823 g/mol. The van der Waals surface area contributed by atoms with Crippen molar-refractivity contribution in [1.82, 2.24) is 4.90 Å². The number of esters is 2. The Labute approximate surface area is 419 Å². The zero-order valence-corrected chi connectivity index (χ0v) is 48.7. The Morgan fingerprint density at radius 2 is 0.821 bits per heavy atom. The molecule has 5 nitrogen and oxygen atoms in total. The zero-order valence-electron chi connectivity index (χ0n) is 48.7. The van der Waals surface area contributed by atoms with Crippen LogP contribution in [0, 0.1) is 37.9 Å². The third kappa shape index (κ3) is 35.6. The van der Waals surface area contributed by atoms with Crippen molar-refractivity contribution in [3.05, 3.63) is 48.6 Å². The molecule has 0 heterocycles. The lowest BCUT2D eigenvalue weighted by Gasteiger charge is -2.46. The zero-order chi connectivity index (χ0) is 51.8. The fourth-order valence-electron chi connectivity index (χ4n) is 11.1. The molecule has 0 aromatic carbocycles. The highest BCUT2D eigenvalue weighted by Crippen LogP contribution is 2.44. The van der Waals surface area contributed by atoms with Gasteiger partial charge in [-0.1, -0.05) is 205 Å². The second-order valence-corrected chi connectivity index (χ2v) is 28.2. The minimum atomic E-state index is -0.563. The number of carbonyl (C=O) groups is 2. The molecule has 2 unspecified atom stereocenters. The molecule has 0 amide bonds. The van der Waals surface area contributed by atoms with E-state index in [9.17, 15) is 9.59 Å². The Morgan fingerprint density at radius 3 is 1.21 bits per heavy atom. The van der Waals surface area contributed by atoms with Gasteiger partial charge >= 0.3 is 11.9 Å². The molecule has 0 radical (unpaired) electrons. The van der Waals surface area contributed by atoms with Crippen molar-refractivity contribution in [2.45, 2.75) is 284 Å². The molecule has 0 N–H and O–H groups in total. The molecule has 0 aliphatic rings. The summed E-state index contributed by atoms with van der Waals surface area (Å²) in [5.74, 6) is -0.350. The van der Waals surface area contributed by atoms with Gasteiger partial charge in [-0.25, -0.2) is 0 Å². The van der Waals surface area contributed by atoms with E-state index in [1.54, 1.807) is 0 Å². The topological polar surface area (TPSA) is 55.8 Å². The summed E-state index contributed by atoms with van der Waals surface area (Å²) in [6.45, 7) is 43.4. The van der Waals surface area contributed by atoms with Gasteiger partial charge in [0.25, 0.3) is 0 Å². The summed E-state index contributed by atoms with van der Waals surface area (Å²) in [5, 5.41) is 0. The van der Waals surface area contributed by atoms with Crippen LogP contribution in [0.2, 0.25) is 0 Å². The quantitative estimate of drug-likeness (QED) is 0.0366. The van der Waals surface area contributed by atoms with E-state index < -0.39 is 17.6 Å². The maximum absolute atomic E-state index is 13.8. The van der Waals surface area contributed by atoms with Crippen molar-refractivity contribution in [3.63, 3.8) is 0 Å². The minimum Gasteiger partial charge on any atom is -0.458 e. The van der Waals surface area contributed by atoms with Gasteiger partial charge in [-0.2, -0.15) is 0 Å². The molecule has 2 atom stereocenters. The number of nitrogens with zero attached hydrogens (tertiary/aromatic N) is 1. The number of hydrogen-bond donors (Lipinski definition) is 0. The predicted molar refractivity (Wildman–Crippen MR) is 295 cm³/mol. The number of allylic oxidation sites excluding steroid dienone is 8. The lowest BCUT2D eigenvalue weighted by molar-refractivity contribution is -0.184. The van der Waals surface area contributed by atoms with Crippen LogP contribution in [0.15, 0.2) is 48.6 Å². The second kappa shape index (κ2) is 29.9. The first kappa shape index (κ1) is 64.9. The molecule has 67 heavy (non-hydrogen) atoms. The van der Waals surface area contributed by atoms with Gasteiger partial charge in [-0.15, -0.1) is 0 Å². The molecule has 0 aliphatic carbocycles. The van der Waals surface area contributed by atoms with Gasteiger partial charge in [-0.05, 0) is 144 Å². The third-order valence-electron chi connectivity index (χ3n) is 13.0. The average molecular weight is 939 g/mol. The highest BCUT2D eigenvalue weighted by molar-refractivity contribution is 5.70. The van der Waals surface area contributed by atoms with E-state index >= 15 is 0 Å². The van der Waals surface area contributed by atoms with Crippen LogP contribution in [0.1, 0.15) is 266 Å². The minimum absolute atomic E-state index is 0.0967. The molecule has 0 aromatic heterocycles. The molecular formula is C62H115NO4. The summed E-state index contributed by atoms with van der Waals surface area (Å²) in [7, 11) is 4.22. The van der Waals surface area contributed by atoms with Crippen molar-refractivity contribution in [2.24, 2.45) is 37.9 Å². The Hall–Kier alpha value is -2.14. The molecule has 0 bridgehead atoms. The van der Waals surface area contributed by atoms with E-state index in [0.717, 1.165) is 89.9 Å². The smallest absolute Gasteiger partial charge is 0.306 e. The van der Waals surface area contributed by atoms with Gasteiger partial charge in [0.1, 0.15) is 12.2 Å². The number of hydrogen-bond acceptors (Lipinski definition) is 5. The maximum atomic E-state index is 13.8. The Morgan fingerprint density at radius 1 is 0.448 bits per heavy atom. The van der Waals surface area contributed by atoms with Crippen LogP contribution < -0.4 is 0 Å². The highest BCUT2D eigenvalue weighted by atomic mass is 16.6. The Balaban J connectivity index is 5.54. The van der Waals surface area contributed by atoms with Crippen LogP contribution in [-0.4, -0.2) is 48.7 Å². The fraction of sp³-hybridized carbons (Fsp3) is 0.839. The lowest BCUT2D eigenvalue weighted by Crippen LogP contribution is -2.51. The van der Waals surface area contributed by atoms with Crippen molar-refractivity contribution < 1.29 is 19.1 Å². The molecule has 0 aliphatic heterocycles. The molecule has 0 saturated heterocycles. The van der Waals surface area contributed by atoms with Gasteiger partial charge < -0.3 is 14.4 Å². The highest BCUT2D eigenvalue weighted by Gasteiger charge is 2.46. The molecule has 392 valence electrons. The Bertz CT molecular complexity index is 1480. The van der Waals surface area contributed by atoms with Crippen molar-refractivity contribution in [2.75, 3.05) is 14.1 Å². The summed E-state index contributed by atoms with van der Waals surface area (Å²) in [5.41, 5.74) is 0.448. The third-order valence-corrected chi connectivity index (χ3v) is 13.0. The normalized spacial score (nSPS) is 15.2. The largest absolute Gasteiger partial charge is 0.458 e. The summed E-state index contributed by atoms with van der Waals surface area (Å²) in [6.07, 6.45) is 37.7. The molecule has 0 rings (SSSR count). The number of ether oxygens (including phenoxy) is 2. The number of unbranched alkanes of at least 4 members (excludes halogenated alkanes) is 10. The SMILES string of the molecule is CN(C)C(C)(C)CC(C)(C)C(OC(=O)CCCCCCC/C=C/C/C=C/C(C)(C)CC(C)(C)C)C(CC(C)(C)CC(C)(C)C)OC(=O)CCCCCCC/C=C/C/C=C/C(C)(C)CC(C)(C)C. The summed E-state index contributed by atoms with van der Waals surface area (Å²) in [6, 6.07) is 0. The molecule has 5 heteroatoms. The van der Waals surface area contributed by atoms with E-state index in [4.69, 9.17) is 9.47 Å². The summed E-state index contributed by atoms with van der Waals surface area (Å²) >= 11 is 0. The van der Waals surface area contributed by atoms with E-state index in [1.165, 1.54) is 25.7 Å². The second-order valence-electron chi connectivity index (χ2n) is 28.2. The van der Waals surface area contributed by atoms with E-state index in [0.29, 0.717) is 30.1 Å². The van der Waals surface area contributed by atoms with Gasteiger partial charge in [-0.3, -0.25) is 9.59 Å². The fourth-order valence-corrected chi connectivity index (χ4v) is 11.1. The molecule has 0 saturated carbocycles. The van der Waals surface area contributed by atoms with Gasteiger partial charge in [0.15, 0.2) is 0 Å². The number of carbonyl (C=O) groups excluding carboxylic acids is 2. The van der Waals surface area contributed by atoms with Crippen LogP contribution in [0.4, 0.5) is 0 Å². The first-order valence-electron chi connectivity index (χ1n) is 27.2. The molecule has 0 fully saturated rings. The standard InChI is InChI=1S/C62H115NO4/c1-55(2,3)47-58(10,11)44-40-36-32-28-24-22-26-30-34-38-42-52(64)66-51(46-60(14,15)49-57(7,8)9)54(61(16,17)50-62(18,19)63(20)21)67-53(65)43-39-35-31-27-23-25-29-33-37-41-45-59(12,13)48-56(4,5)6/h28-29,32-33,40-41,44-45,51,54H,22-27,30-31,34-39,42-43,46-50H2,1-21H3/b32-28+,33-29+,44-40+,45-41+. The van der Waals surface area contributed by atoms with Crippen LogP contribution in [0.5, 0.6) is 0 Å². The average Bonchev–Trinajstić information content (AvgIpc) is 3.10. The van der Waals surface area contributed by atoms with Gasteiger partial charge in [0.05, 0.1) is 0 Å². The predicted octanol–water partition coefficient (Wildman–Crippen LogP) is 18.8. The van der Waals surface area contributed by atoms with E-state index in [1.807, 2.05) is 0 Å².